The van der Waals surface area contributed by atoms with Gasteiger partial charge in [0.2, 0.25) is 0 Å². The fraction of sp³-hybridized carbons (Fsp3) is 0.176. The van der Waals surface area contributed by atoms with Crippen molar-refractivity contribution in [1.29, 1.82) is 0 Å². The van der Waals surface area contributed by atoms with Crippen molar-refractivity contribution < 1.29 is 9.84 Å². The zero-order chi connectivity index (χ0) is 15.2. The van der Waals surface area contributed by atoms with Gasteiger partial charge in [0.25, 0.3) is 0 Å². The molecule has 0 aliphatic rings. The van der Waals surface area contributed by atoms with Gasteiger partial charge < -0.3 is 9.84 Å². The molecule has 0 radical (unpaired) electrons. The van der Waals surface area contributed by atoms with Crippen molar-refractivity contribution in [1.82, 2.24) is 9.97 Å². The summed E-state index contributed by atoms with van der Waals surface area (Å²) in [7, 11) is 0. The van der Waals surface area contributed by atoms with E-state index in [2.05, 4.69) is 9.97 Å². The normalized spacial score (nSPS) is 12.2. The van der Waals surface area contributed by atoms with E-state index < -0.39 is 6.10 Å². The van der Waals surface area contributed by atoms with Gasteiger partial charge in [0, 0.05) is 11.1 Å². The first-order valence-corrected chi connectivity index (χ1v) is 8.00. The number of aromatic nitrogens is 2. The van der Waals surface area contributed by atoms with Crippen LogP contribution in [-0.2, 0) is 0 Å². The number of aliphatic hydroxyl groups is 1. The van der Waals surface area contributed by atoms with Crippen LogP contribution in [0.1, 0.15) is 0 Å². The van der Waals surface area contributed by atoms with Gasteiger partial charge in [-0.3, -0.25) is 0 Å². The first kappa shape index (κ1) is 14.8. The van der Waals surface area contributed by atoms with Crippen molar-refractivity contribution >= 4 is 22.7 Å². The Morgan fingerprint density at radius 3 is 2.64 bits per heavy atom. The fourth-order valence-corrected chi connectivity index (χ4v) is 2.92. The van der Waals surface area contributed by atoms with Gasteiger partial charge >= 0.3 is 0 Å². The van der Waals surface area contributed by atoms with Crippen LogP contribution in [0.25, 0.3) is 10.9 Å². The summed E-state index contributed by atoms with van der Waals surface area (Å²) < 4.78 is 5.55. The minimum absolute atomic E-state index is 0.264. The third-order valence-electron chi connectivity index (χ3n) is 3.10. The van der Waals surface area contributed by atoms with Gasteiger partial charge in [-0.1, -0.05) is 36.4 Å². The minimum atomic E-state index is -0.557. The lowest BCUT2D eigenvalue weighted by atomic mass is 10.2. The summed E-state index contributed by atoms with van der Waals surface area (Å²) in [5, 5.41) is 11.9. The Balaban J connectivity index is 1.57. The molecule has 0 spiro atoms. The van der Waals surface area contributed by atoms with E-state index in [0.717, 1.165) is 21.7 Å². The van der Waals surface area contributed by atoms with Crippen molar-refractivity contribution in [2.24, 2.45) is 0 Å². The number of fused-ring (bicyclic) bond motifs is 1. The number of ether oxygens (including phenoxy) is 1. The first-order valence-electron chi connectivity index (χ1n) is 7.01. The van der Waals surface area contributed by atoms with Gasteiger partial charge in [-0.05, 0) is 18.2 Å². The highest BCUT2D eigenvalue weighted by Crippen LogP contribution is 2.24. The van der Waals surface area contributed by atoms with Crippen LogP contribution in [0.4, 0.5) is 0 Å². The highest BCUT2D eigenvalue weighted by molar-refractivity contribution is 7.99. The lowest BCUT2D eigenvalue weighted by molar-refractivity contribution is 0.126. The molecule has 0 aliphatic heterocycles. The van der Waals surface area contributed by atoms with Gasteiger partial charge in [-0.2, -0.15) is 0 Å². The lowest BCUT2D eigenvalue weighted by Gasteiger charge is -2.12. The number of aliphatic hydroxyl groups excluding tert-OH is 1. The number of benzene rings is 2. The Bertz CT molecular complexity index is 732. The molecule has 0 saturated carbocycles. The van der Waals surface area contributed by atoms with E-state index in [0.29, 0.717) is 5.75 Å². The summed E-state index contributed by atoms with van der Waals surface area (Å²) >= 11 is 1.51. The second-order valence-electron chi connectivity index (χ2n) is 4.78. The van der Waals surface area contributed by atoms with Crippen molar-refractivity contribution in [3.63, 3.8) is 0 Å². The Kier molecular flexibility index (Phi) is 4.88. The fourth-order valence-electron chi connectivity index (χ4n) is 2.03. The Hall–Kier alpha value is -2.11. The van der Waals surface area contributed by atoms with E-state index in [1.54, 1.807) is 6.33 Å². The van der Waals surface area contributed by atoms with Crippen LogP contribution in [-0.4, -0.2) is 33.5 Å². The van der Waals surface area contributed by atoms with E-state index >= 15 is 0 Å². The molecule has 1 N–H and O–H groups in total. The van der Waals surface area contributed by atoms with E-state index in [-0.39, 0.29) is 6.61 Å². The third-order valence-corrected chi connectivity index (χ3v) is 4.25. The number of rotatable bonds is 6. The smallest absolute Gasteiger partial charge is 0.119 e. The number of hydrogen-bond acceptors (Lipinski definition) is 5. The molecular formula is C17H16N2O2S. The summed E-state index contributed by atoms with van der Waals surface area (Å²) in [4.78, 5) is 8.53. The zero-order valence-corrected chi connectivity index (χ0v) is 12.7. The molecule has 5 heteroatoms. The standard InChI is InChI=1S/C17H16N2O2S/c20-13(10-21-14-6-2-1-3-7-14)11-22-17-15-8-4-5-9-16(15)18-12-19-17/h1-9,12-13,20H,10-11H2/t13-/m1/s1. The van der Waals surface area contributed by atoms with Gasteiger partial charge in [0.1, 0.15) is 23.7 Å². The number of nitrogens with zero attached hydrogens (tertiary/aromatic N) is 2. The van der Waals surface area contributed by atoms with E-state index in [1.807, 2.05) is 54.6 Å². The van der Waals surface area contributed by atoms with Crippen LogP contribution in [0.2, 0.25) is 0 Å². The average molecular weight is 312 g/mol. The number of para-hydroxylation sites is 2. The second kappa shape index (κ2) is 7.24. The van der Waals surface area contributed by atoms with Crippen molar-refractivity contribution in [3.8, 4) is 5.75 Å². The molecule has 1 aromatic heterocycles. The maximum atomic E-state index is 10.1. The molecule has 2 aromatic carbocycles. The molecule has 0 bridgehead atoms. The van der Waals surface area contributed by atoms with Crippen LogP contribution >= 0.6 is 11.8 Å². The first-order chi connectivity index (χ1) is 10.8. The molecule has 0 amide bonds. The Labute approximate surface area is 133 Å². The van der Waals surface area contributed by atoms with Gasteiger partial charge in [0.15, 0.2) is 0 Å². The van der Waals surface area contributed by atoms with Crippen LogP contribution in [0, 0.1) is 0 Å². The molecule has 3 aromatic rings. The molecule has 3 rings (SSSR count). The molecular weight excluding hydrogens is 296 g/mol. The molecule has 112 valence electrons. The molecule has 0 unspecified atom stereocenters. The second-order valence-corrected chi connectivity index (χ2v) is 5.79. The highest BCUT2D eigenvalue weighted by atomic mass is 32.2. The lowest BCUT2D eigenvalue weighted by Crippen LogP contribution is -2.20. The van der Waals surface area contributed by atoms with Gasteiger partial charge in [-0.15, -0.1) is 11.8 Å². The maximum Gasteiger partial charge on any atom is 0.119 e. The third kappa shape index (κ3) is 3.75. The summed E-state index contributed by atoms with van der Waals surface area (Å²) in [6.07, 6.45) is 0.997. The summed E-state index contributed by atoms with van der Waals surface area (Å²) in [5.74, 6) is 1.28. The molecule has 0 aliphatic carbocycles. The van der Waals surface area contributed by atoms with Gasteiger partial charge in [-0.25, -0.2) is 9.97 Å². The predicted octanol–water partition coefficient (Wildman–Crippen LogP) is 3.16. The Morgan fingerprint density at radius 2 is 1.77 bits per heavy atom. The highest BCUT2D eigenvalue weighted by Gasteiger charge is 2.09. The van der Waals surface area contributed by atoms with Crippen LogP contribution in [0.15, 0.2) is 66.0 Å². The predicted molar refractivity (Wildman–Crippen MR) is 88.2 cm³/mol. The van der Waals surface area contributed by atoms with Crippen LogP contribution < -0.4 is 4.74 Å². The van der Waals surface area contributed by atoms with Gasteiger partial charge in [0.05, 0.1) is 11.6 Å². The molecule has 1 atom stereocenters. The molecule has 0 saturated heterocycles. The summed E-state index contributed by atoms with van der Waals surface area (Å²) in [6.45, 7) is 0.264. The minimum Gasteiger partial charge on any atom is -0.491 e. The van der Waals surface area contributed by atoms with Crippen molar-refractivity contribution in [2.45, 2.75) is 11.1 Å². The molecule has 22 heavy (non-hydrogen) atoms. The summed E-state index contributed by atoms with van der Waals surface area (Å²) in [6, 6.07) is 17.3. The van der Waals surface area contributed by atoms with E-state index in [9.17, 15) is 5.11 Å². The largest absolute Gasteiger partial charge is 0.491 e. The van der Waals surface area contributed by atoms with E-state index in [1.165, 1.54) is 11.8 Å². The number of thioether (sulfide) groups is 1. The van der Waals surface area contributed by atoms with Crippen molar-refractivity contribution in [3.05, 3.63) is 60.9 Å². The van der Waals surface area contributed by atoms with Crippen LogP contribution in [0.5, 0.6) is 5.75 Å². The topological polar surface area (TPSA) is 55.2 Å². The average Bonchev–Trinajstić information content (AvgIpc) is 2.59. The SMILES string of the molecule is O[C@H](COc1ccccc1)CSc1ncnc2ccccc12. The summed E-state index contributed by atoms with van der Waals surface area (Å²) in [5.41, 5.74) is 0.912. The quantitative estimate of drug-likeness (QED) is 0.560. The molecule has 0 fully saturated rings. The Morgan fingerprint density at radius 1 is 1.00 bits per heavy atom. The van der Waals surface area contributed by atoms with Crippen LogP contribution in [0.3, 0.4) is 0 Å². The zero-order valence-electron chi connectivity index (χ0n) is 11.9. The van der Waals surface area contributed by atoms with Crippen molar-refractivity contribution in [2.75, 3.05) is 12.4 Å². The molecule has 1 heterocycles. The monoisotopic (exact) mass is 312 g/mol. The maximum absolute atomic E-state index is 10.1. The van der Waals surface area contributed by atoms with E-state index in [4.69, 9.17) is 4.74 Å². The number of hydrogen-bond donors (Lipinski definition) is 1. The molecule has 4 nitrogen and oxygen atoms in total.